The Morgan fingerprint density at radius 2 is 1.77 bits per heavy atom. The third kappa shape index (κ3) is 5.68. The zero-order valence-electron chi connectivity index (χ0n) is 21.3. The summed E-state index contributed by atoms with van der Waals surface area (Å²) < 4.78 is 66.2. The summed E-state index contributed by atoms with van der Waals surface area (Å²) in [5.41, 5.74) is 3.83. The SMILES string of the molecule is CC1=C(c2cccc(O)c2)C(c2ccc(OC[C@@H](N3CC[C@@H](CF)C3)C(F)(F)F)cc2)Oc2ccc(O)cc21. The monoisotopic (exact) mass is 543 g/mol. The Balaban J connectivity index is 1.40. The third-order valence-corrected chi connectivity index (χ3v) is 7.38. The Bertz CT molecular complexity index is 1360. The number of aromatic hydroxyl groups is 2. The maximum absolute atomic E-state index is 13.8. The number of phenols is 2. The maximum atomic E-state index is 13.8. The van der Waals surface area contributed by atoms with Gasteiger partial charge in [-0.2, -0.15) is 13.2 Å². The molecule has 206 valence electrons. The predicted octanol–water partition coefficient (Wildman–Crippen LogP) is 6.76. The summed E-state index contributed by atoms with van der Waals surface area (Å²) in [6.45, 7) is 0.935. The molecule has 2 aliphatic heterocycles. The first-order valence-corrected chi connectivity index (χ1v) is 12.7. The van der Waals surface area contributed by atoms with Crippen LogP contribution in [0.3, 0.4) is 0 Å². The van der Waals surface area contributed by atoms with Crippen LogP contribution in [0.25, 0.3) is 11.1 Å². The number of hydrogen-bond donors (Lipinski definition) is 2. The summed E-state index contributed by atoms with van der Waals surface area (Å²) in [6, 6.07) is 16.5. The van der Waals surface area contributed by atoms with E-state index < -0.39 is 31.6 Å². The van der Waals surface area contributed by atoms with Gasteiger partial charge in [-0.1, -0.05) is 24.3 Å². The topological polar surface area (TPSA) is 62.2 Å². The summed E-state index contributed by atoms with van der Waals surface area (Å²) in [4.78, 5) is 1.25. The molecule has 0 aliphatic carbocycles. The van der Waals surface area contributed by atoms with Crippen molar-refractivity contribution in [2.75, 3.05) is 26.4 Å². The van der Waals surface area contributed by atoms with Gasteiger partial charge in [-0.25, -0.2) is 0 Å². The first-order valence-electron chi connectivity index (χ1n) is 12.7. The molecule has 0 bridgehead atoms. The largest absolute Gasteiger partial charge is 0.508 e. The maximum Gasteiger partial charge on any atom is 0.407 e. The molecule has 0 aromatic heterocycles. The molecule has 0 saturated carbocycles. The molecular weight excluding hydrogens is 514 g/mol. The first kappa shape index (κ1) is 26.9. The lowest BCUT2D eigenvalue weighted by molar-refractivity contribution is -0.188. The second kappa shape index (κ2) is 10.8. The van der Waals surface area contributed by atoms with Crippen LogP contribution in [0.2, 0.25) is 0 Å². The number of ether oxygens (including phenoxy) is 2. The smallest absolute Gasteiger partial charge is 0.407 e. The van der Waals surface area contributed by atoms with E-state index in [-0.39, 0.29) is 36.3 Å². The molecule has 5 nitrogen and oxygen atoms in total. The quantitative estimate of drug-likeness (QED) is 0.323. The first-order chi connectivity index (χ1) is 18.6. The summed E-state index contributed by atoms with van der Waals surface area (Å²) in [5, 5.41) is 20.1. The van der Waals surface area contributed by atoms with E-state index in [0.717, 1.165) is 27.8 Å². The van der Waals surface area contributed by atoms with Crippen molar-refractivity contribution >= 4 is 11.1 Å². The highest BCUT2D eigenvalue weighted by molar-refractivity contribution is 5.95. The number of benzene rings is 3. The Labute approximate surface area is 223 Å². The van der Waals surface area contributed by atoms with Crippen LogP contribution < -0.4 is 9.47 Å². The average Bonchev–Trinajstić information content (AvgIpc) is 3.37. The van der Waals surface area contributed by atoms with Gasteiger partial charge in [0.05, 0.1) is 6.67 Å². The van der Waals surface area contributed by atoms with Crippen LogP contribution in [-0.4, -0.2) is 53.7 Å². The second-order valence-corrected chi connectivity index (χ2v) is 10.0. The van der Waals surface area contributed by atoms with E-state index in [0.29, 0.717) is 12.2 Å². The number of fused-ring (bicyclic) bond motifs is 1. The lowest BCUT2D eigenvalue weighted by Crippen LogP contribution is -2.48. The number of nitrogens with zero attached hydrogens (tertiary/aromatic N) is 1. The van der Waals surface area contributed by atoms with Gasteiger partial charge >= 0.3 is 6.18 Å². The number of rotatable bonds is 7. The molecule has 2 N–H and O–H groups in total. The molecule has 3 aromatic rings. The zero-order chi connectivity index (χ0) is 27.7. The van der Waals surface area contributed by atoms with Crippen LogP contribution in [0.5, 0.6) is 23.0 Å². The number of allylic oxidation sites excluding steroid dienone is 1. The molecule has 0 spiro atoms. The molecule has 0 radical (unpaired) electrons. The van der Waals surface area contributed by atoms with E-state index in [1.165, 1.54) is 11.0 Å². The van der Waals surface area contributed by atoms with Crippen molar-refractivity contribution in [3.8, 4) is 23.0 Å². The third-order valence-electron chi connectivity index (χ3n) is 7.38. The lowest BCUT2D eigenvalue weighted by atomic mass is 9.86. The fraction of sp³-hybridized carbons (Fsp3) is 0.333. The lowest BCUT2D eigenvalue weighted by Gasteiger charge is -2.31. The van der Waals surface area contributed by atoms with Gasteiger partial charge in [0.2, 0.25) is 0 Å². The Hall–Kier alpha value is -3.72. The molecule has 0 amide bonds. The van der Waals surface area contributed by atoms with Gasteiger partial charge in [-0.05, 0) is 79.1 Å². The van der Waals surface area contributed by atoms with Crippen LogP contribution in [0.1, 0.15) is 36.1 Å². The molecule has 2 heterocycles. The highest BCUT2D eigenvalue weighted by atomic mass is 19.4. The number of phenolic OH excluding ortho intramolecular Hbond substituents is 2. The van der Waals surface area contributed by atoms with Crippen molar-refractivity contribution < 1.29 is 37.2 Å². The van der Waals surface area contributed by atoms with Gasteiger partial charge in [-0.15, -0.1) is 0 Å². The van der Waals surface area contributed by atoms with Crippen LogP contribution in [-0.2, 0) is 0 Å². The van der Waals surface area contributed by atoms with Gasteiger partial charge in [0.15, 0.2) is 0 Å². The molecule has 3 aromatic carbocycles. The number of hydrogen-bond acceptors (Lipinski definition) is 5. The molecule has 1 unspecified atom stereocenters. The molecule has 9 heteroatoms. The predicted molar refractivity (Wildman–Crippen MR) is 140 cm³/mol. The van der Waals surface area contributed by atoms with Crippen molar-refractivity contribution in [1.82, 2.24) is 4.90 Å². The number of halogens is 4. The van der Waals surface area contributed by atoms with E-state index in [1.807, 2.05) is 13.0 Å². The Kier molecular flexibility index (Phi) is 7.44. The van der Waals surface area contributed by atoms with E-state index in [2.05, 4.69) is 0 Å². The minimum Gasteiger partial charge on any atom is -0.508 e. The number of alkyl halides is 4. The Morgan fingerprint density at radius 1 is 1.03 bits per heavy atom. The Morgan fingerprint density at radius 3 is 2.44 bits per heavy atom. The molecule has 3 atom stereocenters. The fourth-order valence-electron chi connectivity index (χ4n) is 5.31. The van der Waals surface area contributed by atoms with Crippen LogP contribution in [0, 0.1) is 5.92 Å². The molecule has 1 fully saturated rings. The van der Waals surface area contributed by atoms with E-state index in [9.17, 15) is 27.8 Å². The van der Waals surface area contributed by atoms with Crippen LogP contribution in [0.4, 0.5) is 17.6 Å². The minimum absolute atomic E-state index is 0.0603. The van der Waals surface area contributed by atoms with Crippen molar-refractivity contribution in [3.63, 3.8) is 0 Å². The molecule has 5 rings (SSSR count). The zero-order valence-corrected chi connectivity index (χ0v) is 21.3. The van der Waals surface area contributed by atoms with Crippen LogP contribution >= 0.6 is 0 Å². The van der Waals surface area contributed by atoms with Gasteiger partial charge < -0.3 is 19.7 Å². The molecule has 39 heavy (non-hydrogen) atoms. The average molecular weight is 544 g/mol. The van der Waals surface area contributed by atoms with Gasteiger partial charge in [-0.3, -0.25) is 9.29 Å². The van der Waals surface area contributed by atoms with E-state index in [4.69, 9.17) is 9.47 Å². The van der Waals surface area contributed by atoms with Gasteiger partial charge in [0.1, 0.15) is 41.8 Å². The van der Waals surface area contributed by atoms with E-state index >= 15 is 0 Å². The fourth-order valence-corrected chi connectivity index (χ4v) is 5.31. The standard InChI is InChI=1S/C30H29F4NO4/c1-18-25-14-23(37)7-10-26(25)39-29(28(18)21-3-2-4-22(36)13-21)20-5-8-24(9-6-20)38-17-27(30(32,33)34)35-12-11-19(15-31)16-35/h2-10,13-14,19,27,29,36-37H,11-12,15-17H2,1H3/t19-,27+,29?/m0/s1. The molecule has 1 saturated heterocycles. The minimum atomic E-state index is -4.50. The van der Waals surface area contributed by atoms with Gasteiger partial charge in [0, 0.05) is 23.6 Å². The summed E-state index contributed by atoms with van der Waals surface area (Å²) in [7, 11) is 0. The molecular formula is C30H29F4NO4. The molecule has 2 aliphatic rings. The number of likely N-dealkylation sites (tertiary alicyclic amines) is 1. The normalized spacial score (nSPS) is 20.4. The van der Waals surface area contributed by atoms with Crippen molar-refractivity contribution in [3.05, 3.63) is 83.4 Å². The van der Waals surface area contributed by atoms with Crippen LogP contribution in [0.15, 0.2) is 66.7 Å². The van der Waals surface area contributed by atoms with Crippen molar-refractivity contribution in [2.24, 2.45) is 5.92 Å². The van der Waals surface area contributed by atoms with Gasteiger partial charge in [0.25, 0.3) is 0 Å². The highest BCUT2D eigenvalue weighted by Gasteiger charge is 2.46. The van der Waals surface area contributed by atoms with Crippen molar-refractivity contribution in [2.45, 2.75) is 31.7 Å². The van der Waals surface area contributed by atoms with Crippen molar-refractivity contribution in [1.29, 1.82) is 0 Å². The second-order valence-electron chi connectivity index (χ2n) is 10.0. The summed E-state index contributed by atoms with van der Waals surface area (Å²) in [5.74, 6) is 0.654. The summed E-state index contributed by atoms with van der Waals surface area (Å²) in [6.07, 6.45) is -4.68. The van der Waals surface area contributed by atoms with E-state index in [1.54, 1.807) is 54.6 Å². The summed E-state index contributed by atoms with van der Waals surface area (Å²) >= 11 is 0. The highest BCUT2D eigenvalue weighted by Crippen LogP contribution is 2.47.